The second-order valence-electron chi connectivity index (χ2n) is 3.60. The number of carbonyl (C=O) groups excluding carboxylic acids is 1. The van der Waals surface area contributed by atoms with E-state index in [1.807, 2.05) is 0 Å². The summed E-state index contributed by atoms with van der Waals surface area (Å²) in [6.45, 7) is 0.181. The van der Waals surface area contributed by atoms with Gasteiger partial charge in [-0.3, -0.25) is 9.52 Å². The highest BCUT2D eigenvalue weighted by atomic mass is 79.9. The maximum atomic E-state index is 13.5. The lowest BCUT2D eigenvalue weighted by Gasteiger charge is -2.08. The highest BCUT2D eigenvalue weighted by Gasteiger charge is 2.08. The van der Waals surface area contributed by atoms with E-state index in [4.69, 9.17) is 0 Å². The summed E-state index contributed by atoms with van der Waals surface area (Å²) in [4.78, 5) is 11.0. The molecule has 0 aliphatic carbocycles. The summed E-state index contributed by atoms with van der Waals surface area (Å²) in [5.41, 5.74) is 0.425. The quantitative estimate of drug-likeness (QED) is 0.792. The molecule has 0 atom stereocenters. The van der Waals surface area contributed by atoms with Gasteiger partial charge in [0.15, 0.2) is 0 Å². The molecule has 0 saturated carbocycles. The molecule has 0 bridgehead atoms. The molecule has 0 fully saturated rings. The van der Waals surface area contributed by atoms with E-state index < -0.39 is 15.8 Å². The van der Waals surface area contributed by atoms with Gasteiger partial charge in [-0.2, -0.15) is 0 Å². The number of nitrogens with one attached hydrogen (secondary N) is 2. The molecule has 5 nitrogen and oxygen atoms in total. The van der Waals surface area contributed by atoms with Gasteiger partial charge in [-0.1, -0.05) is 22.0 Å². The van der Waals surface area contributed by atoms with E-state index in [-0.39, 0.29) is 23.5 Å². The predicted octanol–water partition coefficient (Wildman–Crippen LogP) is 1.21. The summed E-state index contributed by atoms with van der Waals surface area (Å²) in [5.74, 6) is -0.903. The molecule has 0 radical (unpaired) electrons. The van der Waals surface area contributed by atoms with Gasteiger partial charge in [0, 0.05) is 6.54 Å². The smallest absolute Gasteiger partial charge is 0.230 e. The molecular weight excluding hydrogens is 327 g/mol. The predicted molar refractivity (Wildman–Crippen MR) is 70.5 cm³/mol. The Morgan fingerprint density at radius 3 is 2.61 bits per heavy atom. The number of sulfonamides is 1. The number of carbonyl (C=O) groups is 1. The number of halogens is 2. The minimum absolute atomic E-state index is 0.118. The van der Waals surface area contributed by atoms with E-state index in [9.17, 15) is 17.6 Å². The van der Waals surface area contributed by atoms with Crippen LogP contribution in [0.3, 0.4) is 0 Å². The van der Waals surface area contributed by atoms with E-state index in [1.54, 1.807) is 0 Å². The monoisotopic (exact) mass is 338 g/mol. The van der Waals surface area contributed by atoms with Crippen LogP contribution in [0.5, 0.6) is 0 Å². The van der Waals surface area contributed by atoms with Crippen LogP contribution in [0.4, 0.5) is 10.1 Å². The van der Waals surface area contributed by atoms with Crippen LogP contribution in [0.15, 0.2) is 18.2 Å². The first-order valence-corrected chi connectivity index (χ1v) is 7.92. The zero-order chi connectivity index (χ0) is 13.8. The van der Waals surface area contributed by atoms with Gasteiger partial charge in [-0.25, -0.2) is 12.8 Å². The summed E-state index contributed by atoms with van der Waals surface area (Å²) in [6.07, 6.45) is 0.941. The first kappa shape index (κ1) is 14.9. The molecule has 0 aliphatic heterocycles. The lowest BCUT2D eigenvalue weighted by atomic mass is 10.2. The zero-order valence-corrected chi connectivity index (χ0v) is 11.9. The van der Waals surface area contributed by atoms with Crippen molar-refractivity contribution in [3.05, 3.63) is 29.6 Å². The van der Waals surface area contributed by atoms with E-state index >= 15 is 0 Å². The van der Waals surface area contributed by atoms with Crippen molar-refractivity contribution >= 4 is 37.5 Å². The van der Waals surface area contributed by atoms with Crippen molar-refractivity contribution in [2.75, 3.05) is 16.3 Å². The molecule has 0 heterocycles. The highest BCUT2D eigenvalue weighted by molar-refractivity contribution is 9.09. The Morgan fingerprint density at radius 2 is 2.11 bits per heavy atom. The molecule has 1 amide bonds. The number of benzene rings is 1. The average molecular weight is 339 g/mol. The number of alkyl halides is 1. The molecule has 1 aromatic carbocycles. The van der Waals surface area contributed by atoms with Crippen LogP contribution in [0.2, 0.25) is 0 Å². The maximum Gasteiger partial charge on any atom is 0.230 e. The van der Waals surface area contributed by atoms with Gasteiger partial charge >= 0.3 is 0 Å². The summed E-state index contributed by atoms with van der Waals surface area (Å²) in [7, 11) is -3.51. The minimum atomic E-state index is -3.51. The van der Waals surface area contributed by atoms with Crippen LogP contribution in [0.1, 0.15) is 5.56 Å². The molecule has 1 rings (SSSR count). The SMILES string of the molecule is CS(=O)(=O)Nc1ccc(CNC(=O)CBr)cc1F. The van der Waals surface area contributed by atoms with Crippen molar-refractivity contribution in [1.82, 2.24) is 5.32 Å². The Kier molecular flexibility index (Phi) is 5.09. The summed E-state index contributed by atoms with van der Waals surface area (Å²) in [6, 6.07) is 4.01. The molecule has 1 aromatic rings. The minimum Gasteiger partial charge on any atom is -0.351 e. The maximum absolute atomic E-state index is 13.5. The van der Waals surface area contributed by atoms with E-state index in [0.717, 1.165) is 6.26 Å². The fourth-order valence-corrected chi connectivity index (χ4v) is 1.96. The lowest BCUT2D eigenvalue weighted by Crippen LogP contribution is -2.23. The number of amides is 1. The molecule has 0 aliphatic rings. The average Bonchev–Trinajstić information content (AvgIpc) is 2.27. The molecule has 100 valence electrons. The summed E-state index contributed by atoms with van der Waals surface area (Å²) < 4.78 is 37.5. The zero-order valence-electron chi connectivity index (χ0n) is 9.54. The van der Waals surface area contributed by atoms with Crippen molar-refractivity contribution in [2.45, 2.75) is 6.54 Å². The molecule has 0 aromatic heterocycles. The molecule has 0 spiro atoms. The van der Waals surface area contributed by atoms with Crippen molar-refractivity contribution < 1.29 is 17.6 Å². The van der Waals surface area contributed by atoms with Gasteiger partial charge in [0.1, 0.15) is 5.82 Å². The molecule has 0 unspecified atom stereocenters. The molecular formula is C10H12BrFN2O3S. The van der Waals surface area contributed by atoms with E-state index in [2.05, 4.69) is 26.0 Å². The van der Waals surface area contributed by atoms with E-state index in [0.29, 0.717) is 5.56 Å². The standard InChI is InChI=1S/C10H12BrFN2O3S/c1-18(16,17)14-9-3-2-7(4-8(9)12)6-13-10(15)5-11/h2-4,14H,5-6H2,1H3,(H,13,15). The summed E-state index contributed by atoms with van der Waals surface area (Å²) in [5, 5.41) is 2.72. The lowest BCUT2D eigenvalue weighted by molar-refractivity contribution is -0.118. The van der Waals surface area contributed by atoms with Crippen LogP contribution in [0.25, 0.3) is 0 Å². The van der Waals surface area contributed by atoms with E-state index in [1.165, 1.54) is 18.2 Å². The molecule has 2 N–H and O–H groups in total. The van der Waals surface area contributed by atoms with Gasteiger partial charge in [-0.05, 0) is 17.7 Å². The summed E-state index contributed by atoms with van der Waals surface area (Å²) >= 11 is 2.98. The van der Waals surface area contributed by atoms with Crippen LogP contribution in [-0.2, 0) is 21.4 Å². The van der Waals surface area contributed by atoms with Crippen LogP contribution < -0.4 is 10.0 Å². The van der Waals surface area contributed by atoms with Crippen molar-refractivity contribution in [2.24, 2.45) is 0 Å². The first-order valence-electron chi connectivity index (χ1n) is 4.90. The van der Waals surface area contributed by atoms with Gasteiger partial charge < -0.3 is 5.32 Å². The second-order valence-corrected chi connectivity index (χ2v) is 5.91. The fourth-order valence-electron chi connectivity index (χ4n) is 1.20. The van der Waals surface area contributed by atoms with Gasteiger partial charge in [-0.15, -0.1) is 0 Å². The number of anilines is 1. The third-order valence-corrected chi connectivity index (χ3v) is 3.04. The van der Waals surface area contributed by atoms with Crippen molar-refractivity contribution in [3.8, 4) is 0 Å². The number of rotatable bonds is 5. The van der Waals surface area contributed by atoms with Crippen molar-refractivity contribution in [3.63, 3.8) is 0 Å². The Balaban J connectivity index is 2.76. The Hall–Kier alpha value is -1.15. The Labute approximate surface area is 113 Å². The number of hydrogen-bond acceptors (Lipinski definition) is 3. The van der Waals surface area contributed by atoms with Crippen LogP contribution >= 0.6 is 15.9 Å². The first-order chi connectivity index (χ1) is 8.31. The third-order valence-electron chi connectivity index (χ3n) is 1.94. The second kappa shape index (κ2) is 6.14. The Bertz CT molecular complexity index is 548. The fraction of sp³-hybridized carbons (Fsp3) is 0.300. The molecule has 18 heavy (non-hydrogen) atoms. The highest BCUT2D eigenvalue weighted by Crippen LogP contribution is 2.16. The Morgan fingerprint density at radius 1 is 1.44 bits per heavy atom. The molecule has 8 heteroatoms. The van der Waals surface area contributed by atoms with Gasteiger partial charge in [0.05, 0.1) is 17.3 Å². The van der Waals surface area contributed by atoms with Gasteiger partial charge in [0.25, 0.3) is 0 Å². The topological polar surface area (TPSA) is 75.3 Å². The molecule has 0 saturated heterocycles. The third kappa shape index (κ3) is 5.01. The largest absolute Gasteiger partial charge is 0.351 e. The number of hydrogen-bond donors (Lipinski definition) is 2. The van der Waals surface area contributed by atoms with Crippen LogP contribution in [-0.4, -0.2) is 25.9 Å². The normalized spacial score (nSPS) is 11.1. The van der Waals surface area contributed by atoms with Gasteiger partial charge in [0.2, 0.25) is 15.9 Å². The van der Waals surface area contributed by atoms with Crippen LogP contribution in [0, 0.1) is 5.82 Å². The van der Waals surface area contributed by atoms with Crippen molar-refractivity contribution in [1.29, 1.82) is 0 Å².